The molecular weight excluding hydrogens is 402 g/mol. The molecule has 0 bridgehead atoms. The fraction of sp³-hybridized carbons (Fsp3) is 0.125. The highest BCUT2D eigenvalue weighted by atomic mass is 35.5. The molecule has 5 heteroatoms. The van der Waals surface area contributed by atoms with Gasteiger partial charge in [-0.05, 0) is 29.3 Å². The molecule has 1 heterocycles. The molecule has 29 heavy (non-hydrogen) atoms. The van der Waals surface area contributed by atoms with Crippen molar-refractivity contribution in [1.29, 1.82) is 0 Å². The molecule has 1 N–H and O–H groups in total. The van der Waals surface area contributed by atoms with E-state index in [1.54, 1.807) is 36.2 Å². The van der Waals surface area contributed by atoms with E-state index in [2.05, 4.69) is 41.1 Å². The minimum Gasteiger partial charge on any atom is -0.462 e. The van der Waals surface area contributed by atoms with Crippen molar-refractivity contribution >= 4 is 45.6 Å². The normalized spacial score (nSPS) is 14.7. The molecule has 4 rings (SSSR count). The third-order valence-electron chi connectivity index (χ3n) is 4.66. The average molecular weight is 422 g/mol. The molecule has 0 aliphatic carbocycles. The van der Waals surface area contributed by atoms with Crippen LogP contribution in [0.1, 0.15) is 35.7 Å². The summed E-state index contributed by atoms with van der Waals surface area (Å²) in [6.07, 6.45) is 2.96. The molecule has 3 aromatic carbocycles. The van der Waals surface area contributed by atoms with Crippen LogP contribution in [0.5, 0.6) is 5.75 Å². The lowest BCUT2D eigenvalue weighted by Gasteiger charge is -2.09. The summed E-state index contributed by atoms with van der Waals surface area (Å²) in [7, 11) is 0. The lowest BCUT2D eigenvalue weighted by molar-refractivity contribution is 0.0982. The second-order valence-electron chi connectivity index (χ2n) is 6.72. The van der Waals surface area contributed by atoms with Crippen molar-refractivity contribution in [3.8, 4) is 5.75 Å². The molecule has 0 atom stereocenters. The molecule has 0 amide bonds. The summed E-state index contributed by atoms with van der Waals surface area (Å²) < 4.78 is 5.76. The summed E-state index contributed by atoms with van der Waals surface area (Å²) in [5, 5.41) is 9.20. The van der Waals surface area contributed by atoms with Gasteiger partial charge in [-0.1, -0.05) is 72.8 Å². The maximum atomic E-state index is 12.1. The minimum atomic E-state index is 0.0550. The van der Waals surface area contributed by atoms with Crippen LogP contribution in [0.2, 0.25) is 5.02 Å². The van der Waals surface area contributed by atoms with E-state index in [1.807, 2.05) is 19.1 Å². The topological polar surface area (TPSA) is 38.3 Å². The van der Waals surface area contributed by atoms with Gasteiger partial charge in [0, 0.05) is 29.0 Å². The van der Waals surface area contributed by atoms with Crippen molar-refractivity contribution in [2.24, 2.45) is 0 Å². The number of Topliss-reactive ketones (excluding diaryl/α,β-unsaturated/α-hetero) is 1. The van der Waals surface area contributed by atoms with Crippen LogP contribution in [0.3, 0.4) is 0 Å². The number of ketones is 1. The molecule has 0 aromatic heterocycles. The number of nitrogens with one attached hydrogen (secondary N) is 1. The summed E-state index contributed by atoms with van der Waals surface area (Å²) in [4.78, 5) is 12.1. The van der Waals surface area contributed by atoms with Gasteiger partial charge < -0.3 is 10.1 Å². The predicted octanol–water partition coefficient (Wildman–Crippen LogP) is 6.99. The summed E-state index contributed by atoms with van der Waals surface area (Å²) in [5.41, 5.74) is 2.74. The zero-order valence-corrected chi connectivity index (χ0v) is 17.5. The van der Waals surface area contributed by atoms with Gasteiger partial charge in [-0.3, -0.25) is 4.79 Å². The monoisotopic (exact) mass is 421 g/mol. The summed E-state index contributed by atoms with van der Waals surface area (Å²) in [6, 6.07) is 19.8. The van der Waals surface area contributed by atoms with E-state index in [9.17, 15) is 4.79 Å². The molecule has 0 fully saturated rings. The predicted molar refractivity (Wildman–Crippen MR) is 122 cm³/mol. The molecule has 0 saturated heterocycles. The zero-order chi connectivity index (χ0) is 20.2. The summed E-state index contributed by atoms with van der Waals surface area (Å²) in [6.45, 7) is 1.97. The van der Waals surface area contributed by atoms with Gasteiger partial charge in [-0.25, -0.2) is 0 Å². The van der Waals surface area contributed by atoms with E-state index < -0.39 is 0 Å². The first-order valence-corrected chi connectivity index (χ1v) is 10.7. The second kappa shape index (κ2) is 8.76. The minimum absolute atomic E-state index is 0.0550. The Kier molecular flexibility index (Phi) is 5.93. The third kappa shape index (κ3) is 4.34. The van der Waals surface area contributed by atoms with Crippen molar-refractivity contribution in [3.63, 3.8) is 0 Å². The van der Waals surface area contributed by atoms with Gasteiger partial charge in [-0.15, -0.1) is 0 Å². The number of hydrogen-bond acceptors (Lipinski definition) is 4. The Bertz CT molecular complexity index is 1130. The van der Waals surface area contributed by atoms with E-state index in [0.717, 1.165) is 22.7 Å². The van der Waals surface area contributed by atoms with Gasteiger partial charge in [0.1, 0.15) is 17.0 Å². The van der Waals surface area contributed by atoms with Crippen LogP contribution in [-0.4, -0.2) is 5.78 Å². The Morgan fingerprint density at radius 1 is 1.14 bits per heavy atom. The summed E-state index contributed by atoms with van der Waals surface area (Å²) >= 11 is 7.83. The van der Waals surface area contributed by atoms with Crippen molar-refractivity contribution in [2.45, 2.75) is 19.8 Å². The van der Waals surface area contributed by atoms with Crippen LogP contribution in [-0.2, 0) is 0 Å². The highest BCUT2D eigenvalue weighted by Crippen LogP contribution is 2.33. The number of benzene rings is 3. The average Bonchev–Trinajstić information content (AvgIpc) is 3.21. The lowest BCUT2D eigenvalue weighted by Crippen LogP contribution is -2.05. The number of carbonyl (C=O) groups is 1. The van der Waals surface area contributed by atoms with Crippen LogP contribution in [0.25, 0.3) is 16.5 Å². The van der Waals surface area contributed by atoms with Crippen molar-refractivity contribution in [1.82, 2.24) is 5.32 Å². The number of fused-ring (bicyclic) bond motifs is 1. The van der Waals surface area contributed by atoms with Gasteiger partial charge in [0.05, 0.1) is 10.7 Å². The molecule has 3 aromatic rings. The van der Waals surface area contributed by atoms with E-state index in [4.69, 9.17) is 16.3 Å². The van der Waals surface area contributed by atoms with Crippen molar-refractivity contribution in [3.05, 3.63) is 93.5 Å². The quantitative estimate of drug-likeness (QED) is 0.344. The van der Waals surface area contributed by atoms with Crippen LogP contribution in [0.15, 0.2) is 77.4 Å². The van der Waals surface area contributed by atoms with Crippen molar-refractivity contribution < 1.29 is 9.53 Å². The number of carbonyl (C=O) groups excluding carboxylic acids is 1. The second-order valence-corrected chi connectivity index (χ2v) is 8.03. The standard InChI is InChI=1S/C24H20ClNO2S/c1-2-6-23(27)20-12-11-17(13-21(20)25)28-14-24-26-22(15-29-24)19-10-5-8-16-7-3-4-9-18(16)19/h3-5,7-15,26H,2,6H2,1H3. The summed E-state index contributed by atoms with van der Waals surface area (Å²) in [5.74, 6) is 0.649. The Balaban J connectivity index is 1.46. The molecule has 0 radical (unpaired) electrons. The Hall–Kier alpha value is -2.69. The first-order valence-electron chi connectivity index (χ1n) is 9.47. The Morgan fingerprint density at radius 2 is 1.97 bits per heavy atom. The zero-order valence-electron chi connectivity index (χ0n) is 15.9. The van der Waals surface area contributed by atoms with Crippen LogP contribution >= 0.6 is 23.4 Å². The molecule has 0 spiro atoms. The molecule has 3 nitrogen and oxygen atoms in total. The molecule has 1 aliphatic rings. The maximum absolute atomic E-state index is 12.1. The fourth-order valence-electron chi connectivity index (χ4n) is 3.24. The Labute approximate surface area is 179 Å². The van der Waals surface area contributed by atoms with Crippen LogP contribution < -0.4 is 10.1 Å². The fourth-order valence-corrected chi connectivity index (χ4v) is 4.22. The van der Waals surface area contributed by atoms with E-state index in [0.29, 0.717) is 22.8 Å². The Morgan fingerprint density at radius 3 is 2.79 bits per heavy atom. The smallest absolute Gasteiger partial charge is 0.164 e. The highest BCUT2D eigenvalue weighted by Gasteiger charge is 2.15. The number of rotatable bonds is 6. The van der Waals surface area contributed by atoms with E-state index >= 15 is 0 Å². The third-order valence-corrected chi connectivity index (χ3v) is 5.78. The molecule has 0 unspecified atom stereocenters. The number of hydrogen-bond donors (Lipinski definition) is 1. The number of thioether (sulfide) groups is 1. The van der Waals surface area contributed by atoms with Gasteiger partial charge in [0.2, 0.25) is 0 Å². The maximum Gasteiger partial charge on any atom is 0.164 e. The molecule has 146 valence electrons. The van der Waals surface area contributed by atoms with Crippen molar-refractivity contribution in [2.75, 3.05) is 0 Å². The largest absolute Gasteiger partial charge is 0.462 e. The van der Waals surface area contributed by atoms with Gasteiger partial charge in [0.25, 0.3) is 0 Å². The van der Waals surface area contributed by atoms with Gasteiger partial charge >= 0.3 is 0 Å². The van der Waals surface area contributed by atoms with E-state index in [1.165, 1.54) is 10.8 Å². The molecule has 1 aliphatic heterocycles. The van der Waals surface area contributed by atoms with Crippen LogP contribution in [0.4, 0.5) is 0 Å². The van der Waals surface area contributed by atoms with E-state index in [-0.39, 0.29) is 5.78 Å². The van der Waals surface area contributed by atoms with Gasteiger partial charge in [0.15, 0.2) is 5.78 Å². The molecular formula is C24H20ClNO2S. The lowest BCUT2D eigenvalue weighted by atomic mass is 10.0. The number of ether oxygens (including phenoxy) is 1. The number of halogens is 1. The first-order chi connectivity index (χ1) is 14.2. The first kappa shape index (κ1) is 19.6. The van der Waals surface area contributed by atoms with Crippen LogP contribution in [0, 0.1) is 0 Å². The van der Waals surface area contributed by atoms with Gasteiger partial charge in [-0.2, -0.15) is 0 Å². The SMILES string of the molecule is CCCC(=O)c1ccc(OC=C2NC(c3cccc4ccccc34)=CS2)cc1Cl. The highest BCUT2D eigenvalue weighted by molar-refractivity contribution is 8.06. The molecule has 0 saturated carbocycles.